The second kappa shape index (κ2) is 11.2. The minimum atomic E-state index is 0.606. The Bertz CT molecular complexity index is 2510. The molecule has 0 fully saturated rings. The molecular weight excluding hydrogens is 574 g/mol. The van der Waals surface area contributed by atoms with Crippen LogP contribution in [0.3, 0.4) is 0 Å². The normalized spacial score (nSPS) is 11.4. The zero-order chi connectivity index (χ0) is 31.2. The van der Waals surface area contributed by atoms with Gasteiger partial charge >= 0.3 is 0 Å². The van der Waals surface area contributed by atoms with Gasteiger partial charge in [0, 0.05) is 27.5 Å². The van der Waals surface area contributed by atoms with Crippen LogP contribution < -0.4 is 0 Å². The maximum Gasteiger partial charge on any atom is 0.164 e. The van der Waals surface area contributed by atoms with E-state index in [0.29, 0.717) is 17.5 Å². The Kier molecular flexibility index (Phi) is 6.43. The lowest BCUT2D eigenvalue weighted by atomic mass is 9.94. The van der Waals surface area contributed by atoms with Gasteiger partial charge in [0.25, 0.3) is 0 Å². The van der Waals surface area contributed by atoms with E-state index in [2.05, 4.69) is 91.0 Å². The van der Waals surface area contributed by atoms with Crippen molar-refractivity contribution >= 4 is 32.7 Å². The maximum atomic E-state index is 6.41. The number of hydrogen-bond donors (Lipinski definition) is 0. The van der Waals surface area contributed by atoms with Crippen LogP contribution in [0.4, 0.5) is 0 Å². The lowest BCUT2D eigenvalue weighted by Gasteiger charge is -2.10. The van der Waals surface area contributed by atoms with E-state index in [1.54, 1.807) is 0 Å². The Labute approximate surface area is 271 Å². The van der Waals surface area contributed by atoms with Gasteiger partial charge in [-0.2, -0.15) is 0 Å². The fourth-order valence-corrected chi connectivity index (χ4v) is 6.47. The summed E-state index contributed by atoms with van der Waals surface area (Å²) in [5, 5.41) is 4.49. The fraction of sp³-hybridized carbons (Fsp3) is 0. The molecule has 0 aliphatic heterocycles. The van der Waals surface area contributed by atoms with Crippen molar-refractivity contribution in [2.45, 2.75) is 0 Å². The largest absolute Gasteiger partial charge is 0.456 e. The predicted octanol–water partition coefficient (Wildman–Crippen LogP) is 11.3. The molecule has 0 aliphatic carbocycles. The van der Waals surface area contributed by atoms with E-state index < -0.39 is 0 Å². The van der Waals surface area contributed by atoms with Crippen LogP contribution in [0.2, 0.25) is 0 Å². The van der Waals surface area contributed by atoms with Crippen molar-refractivity contribution in [1.82, 2.24) is 15.0 Å². The molecule has 220 valence electrons. The molecule has 4 heteroatoms. The summed E-state index contributed by atoms with van der Waals surface area (Å²) in [6.45, 7) is 0. The van der Waals surface area contributed by atoms with Gasteiger partial charge in [0.1, 0.15) is 11.2 Å². The molecule has 9 rings (SSSR count). The summed E-state index contributed by atoms with van der Waals surface area (Å²) in [4.78, 5) is 14.9. The Morgan fingerprint density at radius 2 is 0.915 bits per heavy atom. The summed E-state index contributed by atoms with van der Waals surface area (Å²) in [6.07, 6.45) is 0. The number of furan rings is 1. The predicted molar refractivity (Wildman–Crippen MR) is 192 cm³/mol. The van der Waals surface area contributed by atoms with Crippen LogP contribution in [0.1, 0.15) is 0 Å². The Hall–Kier alpha value is -6.39. The smallest absolute Gasteiger partial charge is 0.164 e. The molecule has 0 radical (unpaired) electrons. The molecule has 0 unspecified atom stereocenters. The van der Waals surface area contributed by atoms with Gasteiger partial charge in [0.15, 0.2) is 17.5 Å². The minimum absolute atomic E-state index is 0.606. The third-order valence-electron chi connectivity index (χ3n) is 8.73. The van der Waals surface area contributed by atoms with Crippen LogP contribution >= 0.6 is 0 Å². The molecule has 47 heavy (non-hydrogen) atoms. The molecule has 0 saturated carbocycles. The quantitative estimate of drug-likeness (QED) is 0.197. The average molecular weight is 602 g/mol. The van der Waals surface area contributed by atoms with Crippen LogP contribution in [-0.2, 0) is 0 Å². The number of aromatic nitrogens is 3. The number of benzene rings is 7. The van der Waals surface area contributed by atoms with Gasteiger partial charge in [-0.05, 0) is 57.3 Å². The van der Waals surface area contributed by atoms with Crippen LogP contribution in [-0.4, -0.2) is 15.0 Å². The van der Waals surface area contributed by atoms with Crippen LogP contribution in [0, 0.1) is 0 Å². The molecule has 0 amide bonds. The topological polar surface area (TPSA) is 51.8 Å². The molecule has 2 aromatic heterocycles. The van der Waals surface area contributed by atoms with Gasteiger partial charge in [-0.15, -0.1) is 0 Å². The fourth-order valence-electron chi connectivity index (χ4n) is 6.47. The van der Waals surface area contributed by atoms with Crippen molar-refractivity contribution in [1.29, 1.82) is 0 Å². The molecule has 0 saturated heterocycles. The highest BCUT2D eigenvalue weighted by Gasteiger charge is 2.18. The van der Waals surface area contributed by atoms with Crippen molar-refractivity contribution in [3.05, 3.63) is 164 Å². The second-order valence-electron chi connectivity index (χ2n) is 11.6. The van der Waals surface area contributed by atoms with Gasteiger partial charge in [-0.25, -0.2) is 15.0 Å². The summed E-state index contributed by atoms with van der Waals surface area (Å²) in [5.74, 6) is 1.87. The standard InChI is InChI=1S/C43H27N3O/c1-3-13-29(14-4-1)41-44-42(30-15-5-2-6-16-30)46-43(45-41)36-22-11-23-39-40(36)37-27-32(24-25-38(37)47-39)31-18-9-19-33(26-31)35-21-10-17-28-12-7-8-20-34(28)35/h1-27H. The van der Waals surface area contributed by atoms with E-state index in [0.717, 1.165) is 49.8 Å². The highest BCUT2D eigenvalue weighted by molar-refractivity contribution is 6.13. The first-order chi connectivity index (χ1) is 23.3. The third-order valence-corrected chi connectivity index (χ3v) is 8.73. The molecule has 7 aromatic carbocycles. The molecule has 9 aromatic rings. The highest BCUT2D eigenvalue weighted by Crippen LogP contribution is 2.39. The lowest BCUT2D eigenvalue weighted by Crippen LogP contribution is -2.00. The van der Waals surface area contributed by atoms with Crippen LogP contribution in [0.25, 0.3) is 89.1 Å². The van der Waals surface area contributed by atoms with Crippen molar-refractivity contribution < 1.29 is 4.42 Å². The van der Waals surface area contributed by atoms with Crippen LogP contribution in [0.5, 0.6) is 0 Å². The summed E-state index contributed by atoms with van der Waals surface area (Å²) in [5.41, 5.74) is 9.05. The SMILES string of the molecule is c1ccc(-c2nc(-c3ccccc3)nc(-c3cccc4oc5ccc(-c6cccc(-c7cccc8ccccc78)c6)cc5c34)n2)cc1. The minimum Gasteiger partial charge on any atom is -0.456 e. The van der Waals surface area contributed by atoms with E-state index in [4.69, 9.17) is 19.4 Å². The van der Waals surface area contributed by atoms with Crippen molar-refractivity contribution in [2.75, 3.05) is 0 Å². The molecule has 2 heterocycles. The van der Waals surface area contributed by atoms with E-state index >= 15 is 0 Å². The summed E-state index contributed by atoms with van der Waals surface area (Å²) in [6, 6.07) is 56.4. The Morgan fingerprint density at radius 1 is 0.340 bits per heavy atom. The summed E-state index contributed by atoms with van der Waals surface area (Å²) < 4.78 is 6.41. The zero-order valence-corrected chi connectivity index (χ0v) is 25.3. The molecule has 0 N–H and O–H groups in total. The van der Waals surface area contributed by atoms with Crippen molar-refractivity contribution in [3.8, 4) is 56.4 Å². The molecule has 4 nitrogen and oxygen atoms in total. The molecule has 0 spiro atoms. The molecule has 0 atom stereocenters. The van der Waals surface area contributed by atoms with E-state index in [1.165, 1.54) is 21.9 Å². The zero-order valence-electron chi connectivity index (χ0n) is 25.3. The van der Waals surface area contributed by atoms with Gasteiger partial charge < -0.3 is 4.42 Å². The first kappa shape index (κ1) is 27.0. The molecule has 0 aliphatic rings. The number of rotatable bonds is 5. The van der Waals surface area contributed by atoms with E-state index in [1.807, 2.05) is 72.8 Å². The van der Waals surface area contributed by atoms with Gasteiger partial charge in [0.05, 0.1) is 0 Å². The van der Waals surface area contributed by atoms with Gasteiger partial charge in [0.2, 0.25) is 0 Å². The van der Waals surface area contributed by atoms with Crippen molar-refractivity contribution in [3.63, 3.8) is 0 Å². The van der Waals surface area contributed by atoms with Crippen molar-refractivity contribution in [2.24, 2.45) is 0 Å². The second-order valence-corrected chi connectivity index (χ2v) is 11.6. The highest BCUT2D eigenvalue weighted by atomic mass is 16.3. The number of nitrogens with zero attached hydrogens (tertiary/aromatic N) is 3. The third kappa shape index (κ3) is 4.84. The number of hydrogen-bond acceptors (Lipinski definition) is 4. The molecule has 0 bridgehead atoms. The van der Waals surface area contributed by atoms with Gasteiger partial charge in [-0.3, -0.25) is 0 Å². The van der Waals surface area contributed by atoms with E-state index in [-0.39, 0.29) is 0 Å². The summed E-state index contributed by atoms with van der Waals surface area (Å²) in [7, 11) is 0. The monoisotopic (exact) mass is 601 g/mol. The Morgan fingerprint density at radius 3 is 1.70 bits per heavy atom. The summed E-state index contributed by atoms with van der Waals surface area (Å²) >= 11 is 0. The van der Waals surface area contributed by atoms with Gasteiger partial charge in [-0.1, -0.05) is 140 Å². The van der Waals surface area contributed by atoms with E-state index in [9.17, 15) is 0 Å². The average Bonchev–Trinajstić information content (AvgIpc) is 3.53. The Balaban J connectivity index is 1.22. The first-order valence-corrected chi connectivity index (χ1v) is 15.7. The maximum absolute atomic E-state index is 6.41. The first-order valence-electron chi connectivity index (χ1n) is 15.7. The van der Waals surface area contributed by atoms with Crippen LogP contribution in [0.15, 0.2) is 168 Å². The number of fused-ring (bicyclic) bond motifs is 4. The lowest BCUT2D eigenvalue weighted by molar-refractivity contribution is 0.669. The molecular formula is C43H27N3O.